The third-order valence-corrected chi connectivity index (χ3v) is 11.0. The van der Waals surface area contributed by atoms with E-state index in [1.165, 1.54) is 16.8 Å². The molecule has 5 aliphatic rings. The van der Waals surface area contributed by atoms with Crippen molar-refractivity contribution < 1.29 is 23.7 Å². The largest absolute Gasteiger partial charge is 0.486 e. The molecule has 0 amide bonds. The molecule has 0 saturated heterocycles. The highest BCUT2D eigenvalue weighted by atomic mass is 35.5. The maximum absolute atomic E-state index is 7.17. The van der Waals surface area contributed by atoms with Crippen molar-refractivity contribution in [1.29, 1.82) is 0 Å². The predicted octanol–water partition coefficient (Wildman–Crippen LogP) is 7.77. The maximum atomic E-state index is 7.17. The first kappa shape index (κ1) is 30.1. The van der Waals surface area contributed by atoms with Gasteiger partial charge >= 0.3 is 0 Å². The highest BCUT2D eigenvalue weighted by Gasteiger charge is 2.55. The molecule has 0 aromatic heterocycles. The number of nitrogens with zero attached hydrogens (tertiary/aromatic N) is 2. The Morgan fingerprint density at radius 3 is 1.98 bits per heavy atom. The SMILES string of the molecule is COC1(/C=C/C2=C(Cl)C(=C/C=C3\N(C)c4cc5c(cc4C3(C)C)OCCO5)/CCC2)N(C)c2cc3c(cc2C1(C)C)OCCO3. The number of halogens is 1. The van der Waals surface area contributed by atoms with E-state index in [9.17, 15) is 0 Å². The van der Waals surface area contributed by atoms with Gasteiger partial charge in [0.25, 0.3) is 0 Å². The van der Waals surface area contributed by atoms with E-state index in [1.807, 2.05) is 0 Å². The van der Waals surface area contributed by atoms with Crippen molar-refractivity contribution >= 4 is 23.0 Å². The van der Waals surface area contributed by atoms with Gasteiger partial charge in [-0.2, -0.15) is 0 Å². The number of likely N-dealkylation sites (N-methyl/N-ethyl adjacent to an activating group) is 2. The van der Waals surface area contributed by atoms with Gasteiger partial charge in [-0.1, -0.05) is 51.4 Å². The van der Waals surface area contributed by atoms with Gasteiger partial charge in [0.1, 0.15) is 26.4 Å². The van der Waals surface area contributed by atoms with E-state index < -0.39 is 5.72 Å². The fourth-order valence-corrected chi connectivity index (χ4v) is 8.21. The van der Waals surface area contributed by atoms with Gasteiger partial charge in [-0.25, -0.2) is 0 Å². The number of ether oxygens (including phenoxy) is 5. The zero-order valence-electron chi connectivity index (χ0n) is 27.4. The van der Waals surface area contributed by atoms with Crippen LogP contribution >= 0.6 is 11.6 Å². The normalized spacial score (nSPS) is 26.2. The number of hydrogen-bond acceptors (Lipinski definition) is 7. The number of anilines is 2. The van der Waals surface area contributed by atoms with Crippen LogP contribution in [0.2, 0.25) is 0 Å². The third kappa shape index (κ3) is 4.49. The van der Waals surface area contributed by atoms with Crippen LogP contribution in [0.15, 0.2) is 70.4 Å². The molecule has 2 aromatic carbocycles. The van der Waals surface area contributed by atoms with Crippen LogP contribution in [0.1, 0.15) is 58.1 Å². The molecule has 0 saturated carbocycles. The zero-order chi connectivity index (χ0) is 31.7. The molecule has 0 radical (unpaired) electrons. The lowest BCUT2D eigenvalue weighted by molar-refractivity contribution is -0.0129. The molecule has 1 atom stereocenters. The lowest BCUT2D eigenvalue weighted by Crippen LogP contribution is -2.54. The smallest absolute Gasteiger partial charge is 0.169 e. The van der Waals surface area contributed by atoms with Gasteiger partial charge in [0, 0.05) is 66.3 Å². The lowest BCUT2D eigenvalue weighted by atomic mass is 9.76. The Kier molecular flexibility index (Phi) is 7.21. The molecule has 7 rings (SSSR count). The van der Waals surface area contributed by atoms with Crippen LogP contribution in [-0.4, -0.2) is 53.4 Å². The molecule has 8 heteroatoms. The van der Waals surface area contributed by atoms with Crippen molar-refractivity contribution in [2.45, 2.75) is 63.5 Å². The van der Waals surface area contributed by atoms with E-state index >= 15 is 0 Å². The molecule has 45 heavy (non-hydrogen) atoms. The fourth-order valence-electron chi connectivity index (χ4n) is 7.89. The minimum absolute atomic E-state index is 0.196. The molecule has 2 aromatic rings. The molecule has 0 fully saturated rings. The number of fused-ring (bicyclic) bond motifs is 4. The Morgan fingerprint density at radius 2 is 1.36 bits per heavy atom. The highest BCUT2D eigenvalue weighted by molar-refractivity contribution is 6.32. The second-order valence-electron chi connectivity index (χ2n) is 13.6. The molecule has 0 spiro atoms. The maximum Gasteiger partial charge on any atom is 0.169 e. The third-order valence-electron chi connectivity index (χ3n) is 10.5. The average molecular weight is 631 g/mol. The molecule has 1 unspecified atom stereocenters. The minimum atomic E-state index is -0.721. The molecule has 1 aliphatic carbocycles. The molecule has 4 heterocycles. The standard InChI is InChI=1S/C37H43ClN2O5/c1-35(2)25-19-29-31(44-17-15-42-29)21-27(25)39(5)33(35)12-11-23-9-8-10-24(34(23)38)13-14-37(41-7)36(3,4)26-20-30-32(45-18-16-43-30)22-28(26)40(37)6/h11-14,19-22H,8-10,15-18H2,1-7H3/b14-13+,23-11+,33-12-. The van der Waals surface area contributed by atoms with Crippen LogP contribution in [0.5, 0.6) is 23.0 Å². The summed E-state index contributed by atoms with van der Waals surface area (Å²) in [5.41, 5.74) is 6.83. The van der Waals surface area contributed by atoms with Gasteiger partial charge in [-0.3, -0.25) is 0 Å². The van der Waals surface area contributed by atoms with E-state index in [0.717, 1.165) is 69.8 Å². The van der Waals surface area contributed by atoms with Crippen LogP contribution in [-0.2, 0) is 15.6 Å². The number of benzene rings is 2. The van der Waals surface area contributed by atoms with Crippen LogP contribution in [0.4, 0.5) is 11.4 Å². The minimum Gasteiger partial charge on any atom is -0.486 e. The van der Waals surface area contributed by atoms with Crippen LogP contribution < -0.4 is 28.7 Å². The number of rotatable bonds is 4. The first-order valence-electron chi connectivity index (χ1n) is 15.9. The summed E-state index contributed by atoms with van der Waals surface area (Å²) in [4.78, 5) is 4.47. The summed E-state index contributed by atoms with van der Waals surface area (Å²) in [6.07, 6.45) is 11.7. The first-order chi connectivity index (χ1) is 21.5. The van der Waals surface area contributed by atoms with E-state index in [-0.39, 0.29) is 10.8 Å². The predicted molar refractivity (Wildman–Crippen MR) is 179 cm³/mol. The Hall–Kier alpha value is -3.55. The van der Waals surface area contributed by atoms with Crippen molar-refractivity contribution in [1.82, 2.24) is 0 Å². The molecule has 0 N–H and O–H groups in total. The van der Waals surface area contributed by atoms with Gasteiger partial charge < -0.3 is 33.5 Å². The zero-order valence-corrected chi connectivity index (χ0v) is 28.1. The van der Waals surface area contributed by atoms with Crippen molar-refractivity contribution in [3.8, 4) is 23.0 Å². The second kappa shape index (κ2) is 10.8. The van der Waals surface area contributed by atoms with Gasteiger partial charge in [0.05, 0.1) is 0 Å². The summed E-state index contributed by atoms with van der Waals surface area (Å²) < 4.78 is 30.0. The summed E-state index contributed by atoms with van der Waals surface area (Å²) in [6, 6.07) is 8.45. The van der Waals surface area contributed by atoms with Crippen molar-refractivity contribution in [2.75, 3.05) is 57.4 Å². The van der Waals surface area contributed by atoms with Crippen molar-refractivity contribution in [3.63, 3.8) is 0 Å². The van der Waals surface area contributed by atoms with Gasteiger partial charge in [0.15, 0.2) is 28.7 Å². The summed E-state index contributed by atoms with van der Waals surface area (Å²) in [5, 5.41) is 0.821. The number of allylic oxidation sites excluding steroid dienone is 7. The molecular formula is C37H43ClN2O5. The molecule has 238 valence electrons. The number of methoxy groups -OCH3 is 1. The first-order valence-corrected chi connectivity index (χ1v) is 16.3. The lowest BCUT2D eigenvalue weighted by Gasteiger charge is -2.43. The molecule has 4 aliphatic heterocycles. The summed E-state index contributed by atoms with van der Waals surface area (Å²) >= 11 is 7.17. The second-order valence-corrected chi connectivity index (χ2v) is 13.9. The monoisotopic (exact) mass is 630 g/mol. The fraction of sp³-hybridized carbons (Fsp3) is 0.459. The summed E-state index contributed by atoms with van der Waals surface area (Å²) in [6.45, 7) is 11.2. The van der Waals surface area contributed by atoms with Gasteiger partial charge in [-0.05, 0) is 65.8 Å². The van der Waals surface area contributed by atoms with Crippen molar-refractivity contribution in [2.24, 2.45) is 0 Å². The van der Waals surface area contributed by atoms with Crippen LogP contribution in [0, 0.1) is 0 Å². The summed E-state index contributed by atoms with van der Waals surface area (Å²) in [5.74, 6) is 3.21. The molecular weight excluding hydrogens is 588 g/mol. The van der Waals surface area contributed by atoms with Crippen LogP contribution in [0.3, 0.4) is 0 Å². The topological polar surface area (TPSA) is 52.6 Å². The average Bonchev–Trinajstić information content (AvgIpc) is 3.32. The summed E-state index contributed by atoms with van der Waals surface area (Å²) in [7, 11) is 5.98. The Bertz CT molecular complexity index is 1690. The van der Waals surface area contributed by atoms with Gasteiger partial charge in [-0.15, -0.1) is 0 Å². The number of hydrogen-bond donors (Lipinski definition) is 0. The Labute approximate surface area is 271 Å². The quantitative estimate of drug-likeness (QED) is 0.342. The van der Waals surface area contributed by atoms with E-state index in [1.54, 1.807) is 7.11 Å². The van der Waals surface area contributed by atoms with Crippen molar-refractivity contribution in [3.05, 3.63) is 81.6 Å². The van der Waals surface area contributed by atoms with Crippen LogP contribution in [0.25, 0.3) is 0 Å². The Morgan fingerprint density at radius 1 is 0.778 bits per heavy atom. The molecule has 7 nitrogen and oxygen atoms in total. The molecule has 0 bridgehead atoms. The Balaban J connectivity index is 1.20. The van der Waals surface area contributed by atoms with E-state index in [2.05, 4.69) is 100 Å². The van der Waals surface area contributed by atoms with E-state index in [4.69, 9.17) is 35.3 Å². The van der Waals surface area contributed by atoms with Gasteiger partial charge in [0.2, 0.25) is 0 Å². The highest BCUT2D eigenvalue weighted by Crippen LogP contribution is 2.56. The van der Waals surface area contributed by atoms with E-state index in [0.29, 0.717) is 26.4 Å².